The molecule has 2 aromatic carbocycles. The van der Waals surface area contributed by atoms with Gasteiger partial charge < -0.3 is 10.4 Å². The number of aromatic nitrogens is 1. The molecule has 3 aromatic rings. The maximum Gasteiger partial charge on any atom is 0.255 e. The molecule has 0 spiro atoms. The molecule has 0 saturated heterocycles. The van der Waals surface area contributed by atoms with Gasteiger partial charge in [0.15, 0.2) is 5.75 Å². The van der Waals surface area contributed by atoms with Crippen LogP contribution in [0.15, 0.2) is 48.7 Å². The zero-order valence-corrected chi connectivity index (χ0v) is 13.4. The summed E-state index contributed by atoms with van der Waals surface area (Å²) in [5.41, 5.74) is 1.34. The molecule has 0 radical (unpaired) electrons. The zero-order valence-electron chi connectivity index (χ0n) is 11.9. The van der Waals surface area contributed by atoms with E-state index in [0.29, 0.717) is 15.6 Å². The van der Waals surface area contributed by atoms with Crippen LogP contribution in [0.4, 0.5) is 0 Å². The van der Waals surface area contributed by atoms with Gasteiger partial charge in [0.1, 0.15) is 5.52 Å². The van der Waals surface area contributed by atoms with Crippen molar-refractivity contribution in [2.45, 2.75) is 6.54 Å². The molecule has 23 heavy (non-hydrogen) atoms. The molecule has 0 bridgehead atoms. The average molecular weight is 347 g/mol. The number of phenolic OH excluding ortho intramolecular Hbond substituents is 1. The number of halogens is 2. The van der Waals surface area contributed by atoms with Gasteiger partial charge in [0.2, 0.25) is 0 Å². The van der Waals surface area contributed by atoms with Crippen molar-refractivity contribution in [2.75, 3.05) is 0 Å². The van der Waals surface area contributed by atoms with E-state index >= 15 is 0 Å². The van der Waals surface area contributed by atoms with E-state index in [2.05, 4.69) is 10.3 Å². The highest BCUT2D eigenvalue weighted by molar-refractivity contribution is 6.34. The summed E-state index contributed by atoms with van der Waals surface area (Å²) in [5, 5.41) is 14.7. The molecule has 6 heteroatoms. The predicted molar refractivity (Wildman–Crippen MR) is 91.0 cm³/mol. The maximum absolute atomic E-state index is 12.3. The van der Waals surface area contributed by atoms with Crippen molar-refractivity contribution in [2.24, 2.45) is 0 Å². The standard InChI is InChI=1S/C17H12Cl2N2O2/c18-12-6-10(7-13(19)8-12)9-21-17(23)14-4-3-11-2-1-5-20-15(11)16(14)22/h1-8,22H,9H2,(H,21,23). The summed E-state index contributed by atoms with van der Waals surface area (Å²) in [6.07, 6.45) is 1.57. The van der Waals surface area contributed by atoms with Crippen LogP contribution in [0.1, 0.15) is 15.9 Å². The second kappa shape index (κ2) is 6.44. The van der Waals surface area contributed by atoms with Gasteiger partial charge in [0.25, 0.3) is 5.91 Å². The number of hydrogen-bond donors (Lipinski definition) is 2. The first-order chi connectivity index (χ1) is 11.0. The van der Waals surface area contributed by atoms with Gasteiger partial charge >= 0.3 is 0 Å². The van der Waals surface area contributed by atoms with Crippen molar-refractivity contribution in [1.29, 1.82) is 0 Å². The van der Waals surface area contributed by atoms with E-state index in [-0.39, 0.29) is 17.9 Å². The summed E-state index contributed by atoms with van der Waals surface area (Å²) in [6, 6.07) is 12.0. The lowest BCUT2D eigenvalue weighted by atomic mass is 10.1. The Kier molecular flexibility index (Phi) is 4.37. The third-order valence-corrected chi connectivity index (χ3v) is 3.80. The number of carbonyl (C=O) groups excluding carboxylic acids is 1. The minimum atomic E-state index is -0.397. The van der Waals surface area contributed by atoms with E-state index < -0.39 is 5.91 Å². The largest absolute Gasteiger partial charge is 0.505 e. The van der Waals surface area contributed by atoms with Gasteiger partial charge in [-0.2, -0.15) is 0 Å². The number of phenols is 1. The number of pyridine rings is 1. The van der Waals surface area contributed by atoms with E-state index in [0.717, 1.165) is 10.9 Å². The fourth-order valence-electron chi connectivity index (χ4n) is 2.30. The van der Waals surface area contributed by atoms with Crippen molar-refractivity contribution >= 4 is 40.0 Å². The Labute approximate surface area is 142 Å². The van der Waals surface area contributed by atoms with Crippen molar-refractivity contribution < 1.29 is 9.90 Å². The number of nitrogens with zero attached hydrogens (tertiary/aromatic N) is 1. The summed E-state index contributed by atoms with van der Waals surface area (Å²) in [5.74, 6) is -0.532. The predicted octanol–water partition coefficient (Wildman–Crippen LogP) is 4.18. The first-order valence-electron chi connectivity index (χ1n) is 6.84. The Hall–Kier alpha value is -2.30. The van der Waals surface area contributed by atoms with Crippen molar-refractivity contribution in [1.82, 2.24) is 10.3 Å². The van der Waals surface area contributed by atoms with Gasteiger partial charge in [0, 0.05) is 28.2 Å². The van der Waals surface area contributed by atoms with Crippen LogP contribution in [0.5, 0.6) is 5.75 Å². The summed E-state index contributed by atoms with van der Waals surface area (Å²) in [6.45, 7) is 0.249. The number of benzene rings is 2. The second-order valence-corrected chi connectivity index (χ2v) is 5.87. The second-order valence-electron chi connectivity index (χ2n) is 5.00. The highest BCUT2D eigenvalue weighted by Crippen LogP contribution is 2.26. The van der Waals surface area contributed by atoms with Crippen molar-refractivity contribution in [3.8, 4) is 5.75 Å². The van der Waals surface area contributed by atoms with Crippen molar-refractivity contribution in [3.63, 3.8) is 0 Å². The third kappa shape index (κ3) is 3.38. The first-order valence-corrected chi connectivity index (χ1v) is 7.60. The minimum absolute atomic E-state index is 0.135. The van der Waals surface area contributed by atoms with Gasteiger partial charge in [-0.25, -0.2) is 0 Å². The van der Waals surface area contributed by atoms with Crippen LogP contribution in [0.2, 0.25) is 10.0 Å². The lowest BCUT2D eigenvalue weighted by molar-refractivity contribution is 0.0948. The number of nitrogens with one attached hydrogen (secondary N) is 1. The van der Waals surface area contributed by atoms with E-state index in [1.807, 2.05) is 6.07 Å². The molecule has 0 unspecified atom stereocenters. The Morgan fingerprint density at radius 3 is 2.61 bits per heavy atom. The molecule has 0 aliphatic rings. The molecular weight excluding hydrogens is 335 g/mol. The highest BCUT2D eigenvalue weighted by Gasteiger charge is 2.14. The fourth-order valence-corrected chi connectivity index (χ4v) is 2.87. The lowest BCUT2D eigenvalue weighted by Crippen LogP contribution is -2.23. The third-order valence-electron chi connectivity index (χ3n) is 3.37. The number of amides is 1. The molecule has 4 nitrogen and oxygen atoms in total. The highest BCUT2D eigenvalue weighted by atomic mass is 35.5. The van der Waals surface area contributed by atoms with Crippen LogP contribution in [0.25, 0.3) is 10.9 Å². The van der Waals surface area contributed by atoms with Crippen molar-refractivity contribution in [3.05, 3.63) is 69.8 Å². The molecule has 0 saturated carbocycles. The Morgan fingerprint density at radius 1 is 1.13 bits per heavy atom. The molecule has 0 aliphatic heterocycles. The van der Waals surface area contributed by atoms with E-state index in [1.165, 1.54) is 0 Å². The maximum atomic E-state index is 12.3. The fraction of sp³-hybridized carbons (Fsp3) is 0.0588. The summed E-state index contributed by atoms with van der Waals surface area (Å²) < 4.78 is 0. The molecule has 3 rings (SSSR count). The Morgan fingerprint density at radius 2 is 1.87 bits per heavy atom. The van der Waals surface area contributed by atoms with Gasteiger partial charge in [-0.1, -0.05) is 35.3 Å². The summed E-state index contributed by atoms with van der Waals surface area (Å²) in [4.78, 5) is 16.4. The Bertz CT molecular complexity index is 877. The molecule has 116 valence electrons. The number of aromatic hydroxyl groups is 1. The molecular formula is C17H12Cl2N2O2. The van der Waals surface area contributed by atoms with Crippen LogP contribution in [-0.2, 0) is 6.54 Å². The van der Waals surface area contributed by atoms with E-state index in [1.54, 1.807) is 42.6 Å². The van der Waals surface area contributed by atoms with Gasteiger partial charge in [0.05, 0.1) is 5.56 Å². The lowest BCUT2D eigenvalue weighted by Gasteiger charge is -2.09. The van der Waals surface area contributed by atoms with Gasteiger partial charge in [-0.15, -0.1) is 0 Å². The molecule has 0 fully saturated rings. The molecule has 0 atom stereocenters. The van der Waals surface area contributed by atoms with Gasteiger partial charge in [-0.3, -0.25) is 9.78 Å². The van der Waals surface area contributed by atoms with E-state index in [9.17, 15) is 9.90 Å². The minimum Gasteiger partial charge on any atom is -0.505 e. The number of fused-ring (bicyclic) bond motifs is 1. The van der Waals surface area contributed by atoms with Crippen LogP contribution < -0.4 is 5.32 Å². The molecule has 1 aromatic heterocycles. The topological polar surface area (TPSA) is 62.2 Å². The smallest absolute Gasteiger partial charge is 0.255 e. The SMILES string of the molecule is O=C(NCc1cc(Cl)cc(Cl)c1)c1ccc2cccnc2c1O. The Balaban J connectivity index is 1.82. The van der Waals surface area contributed by atoms with Gasteiger partial charge in [-0.05, 0) is 35.9 Å². The summed E-state index contributed by atoms with van der Waals surface area (Å²) >= 11 is 11.9. The molecule has 0 aliphatic carbocycles. The first kappa shape index (κ1) is 15.6. The molecule has 2 N–H and O–H groups in total. The number of carbonyl (C=O) groups is 1. The number of rotatable bonds is 3. The van der Waals surface area contributed by atoms with E-state index in [4.69, 9.17) is 23.2 Å². The van der Waals surface area contributed by atoms with Crippen LogP contribution in [0, 0.1) is 0 Å². The average Bonchev–Trinajstić information content (AvgIpc) is 2.52. The quantitative estimate of drug-likeness (QED) is 0.747. The monoisotopic (exact) mass is 346 g/mol. The normalized spacial score (nSPS) is 10.7. The zero-order chi connectivity index (χ0) is 16.4. The van der Waals surface area contributed by atoms with Crippen LogP contribution in [-0.4, -0.2) is 16.0 Å². The molecule has 1 amide bonds. The molecule has 1 heterocycles. The number of hydrogen-bond acceptors (Lipinski definition) is 3. The van der Waals surface area contributed by atoms with Crippen LogP contribution in [0.3, 0.4) is 0 Å². The summed E-state index contributed by atoms with van der Waals surface area (Å²) in [7, 11) is 0. The van der Waals surface area contributed by atoms with Crippen LogP contribution >= 0.6 is 23.2 Å².